The third kappa shape index (κ3) is 3.64. The van der Waals surface area contributed by atoms with Gasteiger partial charge in [0.15, 0.2) is 0 Å². The Morgan fingerprint density at radius 3 is 2.62 bits per heavy atom. The Morgan fingerprint density at radius 2 is 2.00 bits per heavy atom. The molecule has 2 aliphatic rings. The molecule has 1 aromatic rings. The molecule has 1 saturated heterocycles. The lowest BCUT2D eigenvalue weighted by molar-refractivity contribution is 0.367. The number of aromatic nitrogens is 2. The van der Waals surface area contributed by atoms with Gasteiger partial charge in [0.25, 0.3) is 5.56 Å². The molecule has 1 aliphatic carbocycles. The van der Waals surface area contributed by atoms with Crippen molar-refractivity contribution in [1.82, 2.24) is 15.3 Å². The predicted octanol–water partition coefficient (Wildman–Crippen LogP) is 1.86. The van der Waals surface area contributed by atoms with Gasteiger partial charge in [-0.3, -0.25) is 4.79 Å². The Kier molecular flexibility index (Phi) is 4.29. The molecule has 2 N–H and O–H groups in total. The minimum atomic E-state index is -0.0159. The first-order valence-corrected chi connectivity index (χ1v) is 8.22. The van der Waals surface area contributed by atoms with Crippen molar-refractivity contribution < 1.29 is 0 Å². The largest absolute Gasteiger partial charge is 0.354 e. The molecule has 1 aromatic heterocycles. The third-order valence-electron chi connectivity index (χ3n) is 4.54. The fourth-order valence-electron chi connectivity index (χ4n) is 3.07. The van der Waals surface area contributed by atoms with Gasteiger partial charge in [-0.2, -0.15) is 0 Å². The number of hydrogen-bond donors (Lipinski definition) is 2. The molecule has 2 heterocycles. The van der Waals surface area contributed by atoms with Gasteiger partial charge in [0, 0.05) is 24.6 Å². The maximum atomic E-state index is 11.9. The van der Waals surface area contributed by atoms with E-state index >= 15 is 0 Å². The molecule has 0 unspecified atom stereocenters. The van der Waals surface area contributed by atoms with Crippen molar-refractivity contribution >= 4 is 5.82 Å². The van der Waals surface area contributed by atoms with Gasteiger partial charge >= 0.3 is 0 Å². The monoisotopic (exact) mass is 290 g/mol. The standard InChI is InChI=1S/C16H26N4O/c1-11(2)20(10-12-5-7-17-8-6-12)14-9-15(21)19-16(18-14)13-3-4-13/h9,11-13,17H,3-8,10H2,1-2H3,(H,18,19,21). The summed E-state index contributed by atoms with van der Waals surface area (Å²) in [4.78, 5) is 21.9. The lowest BCUT2D eigenvalue weighted by atomic mass is 9.97. The average Bonchev–Trinajstić information content (AvgIpc) is 3.29. The summed E-state index contributed by atoms with van der Waals surface area (Å²) in [5.74, 6) is 2.91. The van der Waals surface area contributed by atoms with E-state index < -0.39 is 0 Å². The number of anilines is 1. The molecule has 2 fully saturated rings. The normalized spacial score (nSPS) is 20.0. The van der Waals surface area contributed by atoms with E-state index in [9.17, 15) is 4.79 Å². The molecule has 116 valence electrons. The summed E-state index contributed by atoms with van der Waals surface area (Å²) in [6.07, 6.45) is 4.73. The zero-order valence-corrected chi connectivity index (χ0v) is 13.1. The first kappa shape index (κ1) is 14.6. The highest BCUT2D eigenvalue weighted by atomic mass is 16.1. The topological polar surface area (TPSA) is 61.0 Å². The highest BCUT2D eigenvalue weighted by Crippen LogP contribution is 2.38. The van der Waals surface area contributed by atoms with Crippen LogP contribution in [-0.4, -0.2) is 35.6 Å². The number of nitrogens with one attached hydrogen (secondary N) is 2. The first-order valence-electron chi connectivity index (χ1n) is 8.22. The van der Waals surface area contributed by atoms with Crippen LogP contribution in [0.15, 0.2) is 10.9 Å². The van der Waals surface area contributed by atoms with Crippen LogP contribution in [0.25, 0.3) is 0 Å². The van der Waals surface area contributed by atoms with Crippen LogP contribution in [0.5, 0.6) is 0 Å². The van der Waals surface area contributed by atoms with E-state index in [1.165, 1.54) is 12.8 Å². The number of H-pyrrole nitrogens is 1. The lowest BCUT2D eigenvalue weighted by Crippen LogP contribution is -2.40. The van der Waals surface area contributed by atoms with Gasteiger partial charge in [-0.15, -0.1) is 0 Å². The Balaban J connectivity index is 1.80. The number of aromatic amines is 1. The summed E-state index contributed by atoms with van der Waals surface area (Å²) < 4.78 is 0. The summed E-state index contributed by atoms with van der Waals surface area (Å²) in [6.45, 7) is 7.57. The van der Waals surface area contributed by atoms with Crippen molar-refractivity contribution in [1.29, 1.82) is 0 Å². The fraction of sp³-hybridized carbons (Fsp3) is 0.750. The van der Waals surface area contributed by atoms with Gasteiger partial charge < -0.3 is 15.2 Å². The number of nitrogens with zero attached hydrogens (tertiary/aromatic N) is 2. The molecule has 0 spiro atoms. The van der Waals surface area contributed by atoms with E-state index in [1.54, 1.807) is 6.07 Å². The maximum absolute atomic E-state index is 11.9. The molecule has 0 aromatic carbocycles. The molecular weight excluding hydrogens is 264 g/mol. The summed E-state index contributed by atoms with van der Waals surface area (Å²) >= 11 is 0. The number of rotatable bonds is 5. The van der Waals surface area contributed by atoms with Crippen LogP contribution in [0.2, 0.25) is 0 Å². The van der Waals surface area contributed by atoms with Crippen LogP contribution in [0.3, 0.4) is 0 Å². The van der Waals surface area contributed by atoms with Gasteiger partial charge in [-0.25, -0.2) is 4.98 Å². The zero-order chi connectivity index (χ0) is 14.8. The highest BCUT2D eigenvalue weighted by Gasteiger charge is 2.28. The van der Waals surface area contributed by atoms with Crippen LogP contribution >= 0.6 is 0 Å². The lowest BCUT2D eigenvalue weighted by Gasteiger charge is -2.33. The van der Waals surface area contributed by atoms with Crippen molar-refractivity contribution in [3.05, 3.63) is 22.2 Å². The Labute approximate surface area is 126 Å². The molecule has 3 rings (SSSR count). The predicted molar refractivity (Wildman–Crippen MR) is 84.9 cm³/mol. The Morgan fingerprint density at radius 1 is 1.29 bits per heavy atom. The summed E-state index contributed by atoms with van der Waals surface area (Å²) in [6, 6.07) is 2.02. The Bertz CT molecular complexity index is 529. The molecule has 1 aliphatic heterocycles. The molecule has 0 amide bonds. The third-order valence-corrected chi connectivity index (χ3v) is 4.54. The minimum absolute atomic E-state index is 0.0159. The summed E-state index contributed by atoms with van der Waals surface area (Å²) in [7, 11) is 0. The van der Waals surface area contributed by atoms with Gasteiger partial charge in [-0.05, 0) is 58.5 Å². The zero-order valence-electron chi connectivity index (χ0n) is 13.1. The van der Waals surface area contributed by atoms with Crippen LogP contribution in [0.4, 0.5) is 5.82 Å². The van der Waals surface area contributed by atoms with E-state index in [0.717, 1.165) is 44.1 Å². The van der Waals surface area contributed by atoms with Crippen molar-refractivity contribution in [3.8, 4) is 0 Å². The summed E-state index contributed by atoms with van der Waals surface area (Å²) in [5, 5.41) is 3.41. The van der Waals surface area contributed by atoms with Crippen molar-refractivity contribution in [2.75, 3.05) is 24.5 Å². The highest BCUT2D eigenvalue weighted by molar-refractivity contribution is 5.39. The summed E-state index contributed by atoms with van der Waals surface area (Å²) in [5.41, 5.74) is -0.0159. The van der Waals surface area contributed by atoms with E-state index in [1.807, 2.05) is 0 Å². The second kappa shape index (κ2) is 6.18. The minimum Gasteiger partial charge on any atom is -0.354 e. The van der Waals surface area contributed by atoms with E-state index in [-0.39, 0.29) is 5.56 Å². The van der Waals surface area contributed by atoms with Crippen molar-refractivity contribution in [3.63, 3.8) is 0 Å². The second-order valence-corrected chi connectivity index (χ2v) is 6.70. The van der Waals surface area contributed by atoms with Crippen molar-refractivity contribution in [2.24, 2.45) is 5.92 Å². The van der Waals surface area contributed by atoms with Gasteiger partial charge in [0.2, 0.25) is 0 Å². The number of piperidine rings is 1. The quantitative estimate of drug-likeness (QED) is 0.869. The fourth-order valence-corrected chi connectivity index (χ4v) is 3.07. The van der Waals surface area contributed by atoms with E-state index in [0.29, 0.717) is 17.9 Å². The average molecular weight is 290 g/mol. The number of hydrogen-bond acceptors (Lipinski definition) is 4. The molecule has 0 atom stereocenters. The molecule has 0 bridgehead atoms. The second-order valence-electron chi connectivity index (χ2n) is 6.70. The van der Waals surface area contributed by atoms with Crippen LogP contribution in [-0.2, 0) is 0 Å². The maximum Gasteiger partial charge on any atom is 0.252 e. The molecule has 0 radical (unpaired) electrons. The smallest absolute Gasteiger partial charge is 0.252 e. The molecular formula is C16H26N4O. The van der Waals surface area contributed by atoms with Crippen LogP contribution in [0.1, 0.15) is 51.3 Å². The van der Waals surface area contributed by atoms with Gasteiger partial charge in [0.1, 0.15) is 11.6 Å². The molecule has 5 nitrogen and oxygen atoms in total. The molecule has 21 heavy (non-hydrogen) atoms. The van der Waals surface area contributed by atoms with Crippen molar-refractivity contribution in [2.45, 2.75) is 51.5 Å². The Hall–Kier alpha value is -1.36. The van der Waals surface area contributed by atoms with E-state index in [2.05, 4.69) is 29.0 Å². The van der Waals surface area contributed by atoms with Gasteiger partial charge in [-0.1, -0.05) is 0 Å². The van der Waals surface area contributed by atoms with Gasteiger partial charge in [0.05, 0.1) is 0 Å². The molecule has 5 heteroatoms. The van der Waals surface area contributed by atoms with Crippen LogP contribution < -0.4 is 15.8 Å². The van der Waals surface area contributed by atoms with E-state index in [4.69, 9.17) is 4.98 Å². The molecule has 1 saturated carbocycles. The SMILES string of the molecule is CC(C)N(CC1CCNCC1)c1cc(=O)[nH]c(C2CC2)n1. The van der Waals surface area contributed by atoms with Crippen LogP contribution in [0, 0.1) is 5.92 Å². The first-order chi connectivity index (χ1) is 10.1.